The van der Waals surface area contributed by atoms with Crippen LogP contribution in [0.25, 0.3) is 5.57 Å². The highest BCUT2D eigenvalue weighted by Crippen LogP contribution is 2.44. The molecule has 0 saturated heterocycles. The van der Waals surface area contributed by atoms with E-state index in [2.05, 4.69) is 90.7 Å². The summed E-state index contributed by atoms with van der Waals surface area (Å²) in [7, 11) is -1.83. The lowest BCUT2D eigenvalue weighted by Gasteiger charge is -2.44. The molecule has 0 spiro atoms. The minimum Gasteiger partial charge on any atom is -0.543 e. The lowest BCUT2D eigenvalue weighted by Crippen LogP contribution is -2.46. The number of hydrogen-bond acceptors (Lipinski definition) is 2. The average Bonchev–Trinajstić information content (AvgIpc) is 2.51. The van der Waals surface area contributed by atoms with Gasteiger partial charge < -0.3 is 9.33 Å². The smallest absolute Gasteiger partial charge is 0.250 e. The molecule has 0 aliphatic carbocycles. The van der Waals surface area contributed by atoms with Crippen LogP contribution < -0.4 is 9.33 Å². The number of nitrogens with zero attached hydrogens (tertiary/aromatic N) is 1. The fourth-order valence-electron chi connectivity index (χ4n) is 3.43. The van der Waals surface area contributed by atoms with E-state index in [0.717, 1.165) is 18.7 Å². The molecule has 2 rings (SSSR count). The van der Waals surface area contributed by atoms with E-state index >= 15 is 0 Å². The van der Waals surface area contributed by atoms with Gasteiger partial charge >= 0.3 is 0 Å². The zero-order valence-corrected chi connectivity index (χ0v) is 19.5. The third kappa shape index (κ3) is 4.19. The molecule has 1 aromatic rings. The maximum Gasteiger partial charge on any atom is 0.250 e. The lowest BCUT2D eigenvalue weighted by molar-refractivity contribution is 0.490. The van der Waals surface area contributed by atoms with Crippen LogP contribution in [0.4, 0.5) is 5.69 Å². The predicted molar refractivity (Wildman–Crippen MR) is 119 cm³/mol. The van der Waals surface area contributed by atoms with Crippen molar-refractivity contribution in [2.75, 3.05) is 11.4 Å². The SMILES string of the molecule is CCCCN1c2cc(O[Si](C)(C)C(C)(C)C)ccc2C(CC)=CC1(C)C. The Morgan fingerprint density at radius 1 is 1.12 bits per heavy atom. The molecule has 0 unspecified atom stereocenters. The molecule has 1 aromatic carbocycles. The quantitative estimate of drug-likeness (QED) is 0.486. The van der Waals surface area contributed by atoms with Crippen LogP contribution in [0, 0.1) is 0 Å². The van der Waals surface area contributed by atoms with Crippen molar-refractivity contribution >= 4 is 19.6 Å². The summed E-state index contributed by atoms with van der Waals surface area (Å²) in [5.74, 6) is 1.03. The Hall–Kier alpha value is -1.22. The van der Waals surface area contributed by atoms with Crippen LogP contribution in [0.1, 0.15) is 73.3 Å². The first-order valence-corrected chi connectivity index (χ1v) is 13.2. The highest BCUT2D eigenvalue weighted by Gasteiger charge is 2.39. The van der Waals surface area contributed by atoms with Crippen molar-refractivity contribution in [2.45, 2.75) is 91.4 Å². The molecule has 1 aliphatic rings. The summed E-state index contributed by atoms with van der Waals surface area (Å²) in [5.41, 5.74) is 4.23. The van der Waals surface area contributed by atoms with Gasteiger partial charge in [-0.3, -0.25) is 0 Å². The Bertz CT molecular complexity index is 667. The van der Waals surface area contributed by atoms with Gasteiger partial charge in [0.2, 0.25) is 8.32 Å². The van der Waals surface area contributed by atoms with E-state index in [4.69, 9.17) is 4.43 Å². The third-order valence-electron chi connectivity index (χ3n) is 6.12. The van der Waals surface area contributed by atoms with Crippen molar-refractivity contribution in [3.63, 3.8) is 0 Å². The minimum absolute atomic E-state index is 0.0448. The molecule has 1 heterocycles. The van der Waals surface area contributed by atoms with Crippen molar-refractivity contribution in [2.24, 2.45) is 0 Å². The summed E-state index contributed by atoms with van der Waals surface area (Å²) in [4.78, 5) is 2.57. The van der Waals surface area contributed by atoms with Crippen molar-refractivity contribution in [1.82, 2.24) is 0 Å². The number of benzene rings is 1. The summed E-state index contributed by atoms with van der Waals surface area (Å²) in [6.07, 6.45) is 5.96. The van der Waals surface area contributed by atoms with Crippen molar-refractivity contribution in [3.05, 3.63) is 29.8 Å². The van der Waals surface area contributed by atoms with Gasteiger partial charge in [0.05, 0.1) is 5.54 Å². The molecule has 26 heavy (non-hydrogen) atoms. The third-order valence-corrected chi connectivity index (χ3v) is 10.5. The molecular formula is C23H39NOSi. The molecule has 1 aliphatic heterocycles. The van der Waals surface area contributed by atoms with Gasteiger partial charge in [0.1, 0.15) is 5.75 Å². The zero-order valence-electron chi connectivity index (χ0n) is 18.5. The molecule has 0 fully saturated rings. The van der Waals surface area contributed by atoms with Gasteiger partial charge in [0.25, 0.3) is 0 Å². The lowest BCUT2D eigenvalue weighted by atomic mass is 9.86. The van der Waals surface area contributed by atoms with Crippen molar-refractivity contribution < 1.29 is 4.43 Å². The average molecular weight is 374 g/mol. The first-order chi connectivity index (χ1) is 11.9. The van der Waals surface area contributed by atoms with E-state index in [-0.39, 0.29) is 10.6 Å². The van der Waals surface area contributed by atoms with Gasteiger partial charge in [-0.2, -0.15) is 0 Å². The topological polar surface area (TPSA) is 12.5 Å². The molecular weight excluding hydrogens is 334 g/mol. The number of anilines is 1. The summed E-state index contributed by atoms with van der Waals surface area (Å²) >= 11 is 0. The zero-order chi connectivity index (χ0) is 19.8. The molecule has 0 N–H and O–H groups in total. The summed E-state index contributed by atoms with van der Waals surface area (Å²) in [5, 5.41) is 0.207. The van der Waals surface area contributed by atoms with Crippen molar-refractivity contribution in [3.8, 4) is 5.75 Å². The second kappa shape index (κ2) is 7.42. The van der Waals surface area contributed by atoms with E-state index in [1.807, 2.05) is 0 Å². The van der Waals surface area contributed by atoms with Crippen LogP contribution in [0.15, 0.2) is 24.3 Å². The van der Waals surface area contributed by atoms with Crippen LogP contribution in [0.2, 0.25) is 18.1 Å². The van der Waals surface area contributed by atoms with Crippen molar-refractivity contribution in [1.29, 1.82) is 0 Å². The normalized spacial score (nSPS) is 17.0. The molecule has 3 heteroatoms. The largest absolute Gasteiger partial charge is 0.543 e. The van der Waals surface area contributed by atoms with Crippen LogP contribution in [0.3, 0.4) is 0 Å². The Kier molecular flexibility index (Phi) is 6.02. The van der Waals surface area contributed by atoms with E-state index in [9.17, 15) is 0 Å². The van der Waals surface area contributed by atoms with Crippen LogP contribution in [0.5, 0.6) is 5.75 Å². The predicted octanol–water partition coefficient (Wildman–Crippen LogP) is 7.26. The number of fused-ring (bicyclic) bond motifs is 1. The first-order valence-electron chi connectivity index (χ1n) is 10.3. The highest BCUT2D eigenvalue weighted by molar-refractivity contribution is 6.74. The van der Waals surface area contributed by atoms with E-state index < -0.39 is 8.32 Å². The van der Waals surface area contributed by atoms with Gasteiger partial charge in [-0.05, 0) is 62.5 Å². The van der Waals surface area contributed by atoms with Crippen LogP contribution in [-0.4, -0.2) is 20.4 Å². The number of rotatable bonds is 6. The van der Waals surface area contributed by atoms with Gasteiger partial charge in [-0.1, -0.05) is 47.1 Å². The first kappa shape index (κ1) is 21.1. The number of allylic oxidation sites excluding steroid dienone is 1. The second-order valence-corrected chi connectivity index (χ2v) is 14.4. The molecule has 0 aromatic heterocycles. The van der Waals surface area contributed by atoms with Crippen LogP contribution >= 0.6 is 0 Å². The Morgan fingerprint density at radius 2 is 1.77 bits per heavy atom. The fourth-order valence-corrected chi connectivity index (χ4v) is 4.45. The molecule has 0 saturated carbocycles. The van der Waals surface area contributed by atoms with E-state index in [1.54, 1.807) is 0 Å². The second-order valence-electron chi connectivity index (χ2n) is 9.72. The molecule has 2 nitrogen and oxygen atoms in total. The highest BCUT2D eigenvalue weighted by atomic mass is 28.4. The number of unbranched alkanes of at least 4 members (excludes halogenated alkanes) is 1. The molecule has 146 valence electrons. The monoisotopic (exact) mass is 373 g/mol. The van der Waals surface area contributed by atoms with E-state index in [1.165, 1.54) is 29.7 Å². The molecule has 0 amide bonds. The minimum atomic E-state index is -1.83. The Labute approximate surface area is 162 Å². The van der Waals surface area contributed by atoms with Gasteiger partial charge in [0.15, 0.2) is 0 Å². The van der Waals surface area contributed by atoms with Gasteiger partial charge in [0, 0.05) is 23.9 Å². The summed E-state index contributed by atoms with van der Waals surface area (Å²) in [6, 6.07) is 6.76. The fraction of sp³-hybridized carbons (Fsp3) is 0.652. The number of hydrogen-bond donors (Lipinski definition) is 0. The maximum atomic E-state index is 6.61. The van der Waals surface area contributed by atoms with E-state index in [0.29, 0.717) is 0 Å². The standard InChI is InChI=1S/C23H39NOSi/c1-10-12-15-24-21-16-19(25-26(8,9)22(3,4)5)13-14-20(21)18(11-2)17-23(24,6)7/h13-14,16-17H,10-12,15H2,1-9H3. The summed E-state index contributed by atoms with van der Waals surface area (Å²) in [6.45, 7) is 21.8. The Morgan fingerprint density at radius 3 is 2.31 bits per heavy atom. The Balaban J connectivity index is 2.48. The van der Waals surface area contributed by atoms with Crippen LogP contribution in [-0.2, 0) is 0 Å². The molecule has 0 radical (unpaired) electrons. The van der Waals surface area contributed by atoms with Gasteiger partial charge in [-0.25, -0.2) is 0 Å². The summed E-state index contributed by atoms with van der Waals surface area (Å²) < 4.78 is 6.61. The maximum absolute atomic E-state index is 6.61. The molecule has 0 bridgehead atoms. The van der Waals surface area contributed by atoms with Gasteiger partial charge in [-0.15, -0.1) is 0 Å². The molecule has 0 atom stereocenters.